The van der Waals surface area contributed by atoms with Crippen LogP contribution in [0.25, 0.3) is 0 Å². The van der Waals surface area contributed by atoms with Crippen molar-refractivity contribution in [2.75, 3.05) is 0 Å². The molecule has 80 valence electrons. The fourth-order valence-corrected chi connectivity index (χ4v) is 2.16. The largest absolute Gasteiger partial charge is 0.456 e. The number of esters is 1. The third-order valence-corrected chi connectivity index (χ3v) is 2.71. The molecular weight excluding hydrogens is 239 g/mol. The first-order chi connectivity index (χ1) is 7.08. The van der Waals surface area contributed by atoms with Gasteiger partial charge < -0.3 is 4.74 Å². The van der Waals surface area contributed by atoms with Crippen LogP contribution in [0.4, 0.5) is 0 Å². The number of rotatable bonds is 1. The molecule has 1 aliphatic rings. The van der Waals surface area contributed by atoms with Crippen LogP contribution < -0.4 is 0 Å². The summed E-state index contributed by atoms with van der Waals surface area (Å²) in [4.78, 5) is 18.7. The molecule has 1 heterocycles. The fraction of sp³-hybridized carbons (Fsp3) is 0.444. The second kappa shape index (κ2) is 3.94. The lowest BCUT2D eigenvalue weighted by atomic mass is 10.3. The predicted octanol–water partition coefficient (Wildman–Crippen LogP) is 2.33. The van der Waals surface area contributed by atoms with Crippen LogP contribution in [-0.2, 0) is 16.0 Å². The smallest absolute Gasteiger partial charge is 0.303 e. The van der Waals surface area contributed by atoms with Crippen LogP contribution in [0.3, 0.4) is 0 Å². The van der Waals surface area contributed by atoms with E-state index in [1.54, 1.807) is 0 Å². The first-order valence-corrected chi connectivity index (χ1v) is 5.22. The van der Waals surface area contributed by atoms with Gasteiger partial charge in [-0.3, -0.25) is 4.79 Å². The highest BCUT2D eigenvalue weighted by Crippen LogP contribution is 2.36. The summed E-state index contributed by atoms with van der Waals surface area (Å²) >= 11 is 11.6. The third kappa shape index (κ3) is 2.06. The Kier molecular flexibility index (Phi) is 2.80. The molecule has 0 saturated heterocycles. The van der Waals surface area contributed by atoms with Gasteiger partial charge in [0.05, 0.1) is 5.69 Å². The van der Waals surface area contributed by atoms with Crippen molar-refractivity contribution in [2.24, 2.45) is 0 Å². The zero-order valence-corrected chi connectivity index (χ0v) is 9.47. The molecule has 0 saturated carbocycles. The molecule has 4 nitrogen and oxygen atoms in total. The number of fused-ring (bicyclic) bond motifs is 1. The molecule has 0 radical (unpaired) electrons. The molecule has 1 aliphatic carbocycles. The molecule has 0 N–H and O–H groups in total. The Hall–Kier alpha value is -0.870. The van der Waals surface area contributed by atoms with Crippen molar-refractivity contribution in [3.63, 3.8) is 0 Å². The molecule has 0 fully saturated rings. The van der Waals surface area contributed by atoms with Crippen molar-refractivity contribution < 1.29 is 9.53 Å². The van der Waals surface area contributed by atoms with Crippen LogP contribution in [0.1, 0.15) is 30.7 Å². The third-order valence-electron chi connectivity index (χ3n) is 2.23. The minimum absolute atomic E-state index is 0.0813. The number of halogens is 2. The number of hydrogen-bond donors (Lipinski definition) is 0. The van der Waals surface area contributed by atoms with Gasteiger partial charge in [0.1, 0.15) is 11.3 Å². The van der Waals surface area contributed by atoms with Gasteiger partial charge in [0.25, 0.3) is 0 Å². The van der Waals surface area contributed by atoms with Gasteiger partial charge in [-0.1, -0.05) is 11.6 Å². The molecule has 0 aliphatic heterocycles. The summed E-state index contributed by atoms with van der Waals surface area (Å²) in [6.45, 7) is 1.36. The molecule has 0 aromatic carbocycles. The van der Waals surface area contributed by atoms with Gasteiger partial charge in [-0.05, 0) is 24.4 Å². The summed E-state index contributed by atoms with van der Waals surface area (Å²) in [5, 5.41) is 0.428. The summed E-state index contributed by atoms with van der Waals surface area (Å²) in [6, 6.07) is 0. The van der Waals surface area contributed by atoms with E-state index in [-0.39, 0.29) is 17.4 Å². The average molecular weight is 247 g/mol. The van der Waals surface area contributed by atoms with Gasteiger partial charge in [0.15, 0.2) is 0 Å². The average Bonchev–Trinajstić information content (AvgIpc) is 2.48. The monoisotopic (exact) mass is 246 g/mol. The molecular formula is C9H8Cl2N2O2. The molecule has 1 aromatic heterocycles. The first kappa shape index (κ1) is 10.6. The molecule has 1 aromatic rings. The number of carbonyl (C=O) groups is 1. The lowest BCUT2D eigenvalue weighted by molar-refractivity contribution is -0.146. The second-order valence-corrected chi connectivity index (χ2v) is 3.98. The van der Waals surface area contributed by atoms with E-state index in [1.807, 2.05) is 0 Å². The van der Waals surface area contributed by atoms with Crippen LogP contribution in [0.15, 0.2) is 0 Å². The van der Waals surface area contributed by atoms with Crippen molar-refractivity contribution in [1.82, 2.24) is 9.97 Å². The van der Waals surface area contributed by atoms with E-state index in [4.69, 9.17) is 27.9 Å². The second-order valence-electron chi connectivity index (χ2n) is 3.28. The normalized spacial score (nSPS) is 18.7. The van der Waals surface area contributed by atoms with Gasteiger partial charge in [0.2, 0.25) is 5.28 Å². The lowest BCUT2D eigenvalue weighted by Gasteiger charge is -2.10. The number of ether oxygens (including phenoxy) is 1. The lowest BCUT2D eigenvalue weighted by Crippen LogP contribution is -2.07. The Balaban J connectivity index is 2.37. The number of carbonyl (C=O) groups excluding carboxylic acids is 1. The summed E-state index contributed by atoms with van der Waals surface area (Å²) in [7, 11) is 0. The number of aromatic nitrogens is 2. The topological polar surface area (TPSA) is 52.1 Å². The van der Waals surface area contributed by atoms with E-state index < -0.39 is 0 Å². The molecule has 0 bridgehead atoms. The molecule has 6 heteroatoms. The first-order valence-electron chi connectivity index (χ1n) is 4.47. The molecule has 0 amide bonds. The van der Waals surface area contributed by atoms with Gasteiger partial charge in [0, 0.05) is 12.5 Å². The SMILES string of the molecule is CC(=O)OC1CCc2c(Cl)nc(Cl)nc21. The number of nitrogens with zero attached hydrogens (tertiary/aromatic N) is 2. The molecule has 1 unspecified atom stereocenters. The minimum Gasteiger partial charge on any atom is -0.456 e. The van der Waals surface area contributed by atoms with E-state index in [1.165, 1.54) is 6.92 Å². The van der Waals surface area contributed by atoms with E-state index in [0.717, 1.165) is 5.56 Å². The number of hydrogen-bond acceptors (Lipinski definition) is 4. The summed E-state index contributed by atoms with van der Waals surface area (Å²) in [5.41, 5.74) is 1.46. The maximum absolute atomic E-state index is 10.8. The quantitative estimate of drug-likeness (QED) is 0.434. The van der Waals surface area contributed by atoms with Crippen LogP contribution in [0, 0.1) is 0 Å². The fourth-order valence-electron chi connectivity index (χ4n) is 1.67. The van der Waals surface area contributed by atoms with Gasteiger partial charge in [-0.15, -0.1) is 0 Å². The van der Waals surface area contributed by atoms with Crippen molar-refractivity contribution >= 4 is 29.2 Å². The van der Waals surface area contributed by atoms with Crippen molar-refractivity contribution in [3.8, 4) is 0 Å². The van der Waals surface area contributed by atoms with Crippen LogP contribution in [-0.4, -0.2) is 15.9 Å². The standard InChI is InChI=1S/C9H8Cl2N2O2/c1-4(14)15-6-3-2-5-7(6)12-9(11)13-8(5)10/h6H,2-3H2,1H3. The summed E-state index contributed by atoms with van der Waals surface area (Å²) < 4.78 is 5.10. The van der Waals surface area contributed by atoms with Crippen LogP contribution in [0.2, 0.25) is 10.4 Å². The summed E-state index contributed by atoms with van der Waals surface area (Å²) in [6.07, 6.45) is 1.06. The van der Waals surface area contributed by atoms with Gasteiger partial charge >= 0.3 is 5.97 Å². The van der Waals surface area contributed by atoms with Crippen molar-refractivity contribution in [1.29, 1.82) is 0 Å². The Labute approximate surface area is 96.6 Å². The van der Waals surface area contributed by atoms with Crippen molar-refractivity contribution in [2.45, 2.75) is 25.9 Å². The van der Waals surface area contributed by atoms with Gasteiger partial charge in [-0.2, -0.15) is 0 Å². The predicted molar refractivity (Wildman–Crippen MR) is 54.9 cm³/mol. The van der Waals surface area contributed by atoms with Crippen LogP contribution in [0.5, 0.6) is 0 Å². The summed E-state index contributed by atoms with van der Waals surface area (Å²) in [5.74, 6) is -0.335. The van der Waals surface area contributed by atoms with Crippen LogP contribution >= 0.6 is 23.2 Å². The maximum Gasteiger partial charge on any atom is 0.303 e. The zero-order chi connectivity index (χ0) is 11.0. The van der Waals surface area contributed by atoms with E-state index in [2.05, 4.69) is 9.97 Å². The van der Waals surface area contributed by atoms with E-state index in [9.17, 15) is 4.79 Å². The van der Waals surface area contributed by atoms with E-state index >= 15 is 0 Å². The Morgan fingerprint density at radius 1 is 1.47 bits per heavy atom. The van der Waals surface area contributed by atoms with E-state index in [0.29, 0.717) is 23.7 Å². The molecule has 2 rings (SSSR count). The molecule has 0 spiro atoms. The Morgan fingerprint density at radius 3 is 2.87 bits per heavy atom. The molecule has 15 heavy (non-hydrogen) atoms. The highest BCUT2D eigenvalue weighted by Gasteiger charge is 2.29. The highest BCUT2D eigenvalue weighted by atomic mass is 35.5. The Morgan fingerprint density at radius 2 is 2.20 bits per heavy atom. The molecule has 1 atom stereocenters. The van der Waals surface area contributed by atoms with Gasteiger partial charge in [-0.25, -0.2) is 9.97 Å². The zero-order valence-electron chi connectivity index (χ0n) is 7.96. The Bertz CT molecular complexity index is 423. The highest BCUT2D eigenvalue weighted by molar-refractivity contribution is 6.32. The maximum atomic E-state index is 10.8. The minimum atomic E-state index is -0.338. The van der Waals surface area contributed by atoms with Crippen molar-refractivity contribution in [3.05, 3.63) is 21.7 Å².